The number of benzene rings is 1. The molecule has 1 fully saturated rings. The molecule has 1 aromatic carbocycles. The Balaban J connectivity index is 1.64. The molecule has 0 spiro atoms. The van der Waals surface area contributed by atoms with Gasteiger partial charge in [0.05, 0.1) is 16.1 Å². The van der Waals surface area contributed by atoms with Crippen molar-refractivity contribution in [3.8, 4) is 11.5 Å². The average molecular weight is 400 g/mol. The third-order valence-corrected chi connectivity index (χ3v) is 6.70. The molecule has 1 saturated heterocycles. The van der Waals surface area contributed by atoms with Crippen LogP contribution >= 0.6 is 0 Å². The molecule has 146 valence electrons. The number of ether oxygens (including phenoxy) is 2. The Kier molecular flexibility index (Phi) is 4.13. The summed E-state index contributed by atoms with van der Waals surface area (Å²) in [5, 5.41) is 3.31. The van der Waals surface area contributed by atoms with Crippen molar-refractivity contribution in [2.45, 2.75) is 4.90 Å². The van der Waals surface area contributed by atoms with Crippen LogP contribution in [-0.2, 0) is 10.0 Å². The van der Waals surface area contributed by atoms with Crippen molar-refractivity contribution < 1.29 is 17.9 Å². The van der Waals surface area contributed by atoms with E-state index in [1.165, 1.54) is 10.0 Å². The van der Waals surface area contributed by atoms with Crippen molar-refractivity contribution in [3.05, 3.63) is 42.7 Å². The molecular weight excluding hydrogens is 380 g/mol. The van der Waals surface area contributed by atoms with Gasteiger partial charge < -0.3 is 19.7 Å². The molecule has 0 atom stereocenters. The second-order valence-electron chi connectivity index (χ2n) is 6.73. The zero-order chi connectivity index (χ0) is 19.1. The number of anilines is 1. The summed E-state index contributed by atoms with van der Waals surface area (Å²) in [7, 11) is -3.82. The quantitative estimate of drug-likeness (QED) is 0.712. The Morgan fingerprint density at radius 1 is 1.04 bits per heavy atom. The number of pyridine rings is 1. The lowest BCUT2D eigenvalue weighted by atomic mass is 10.3. The molecule has 0 amide bonds. The largest absolute Gasteiger partial charge is 0.486 e. The summed E-state index contributed by atoms with van der Waals surface area (Å²) in [4.78, 5) is 6.79. The first kappa shape index (κ1) is 17.3. The number of piperazine rings is 1. The van der Waals surface area contributed by atoms with Crippen LogP contribution in [0.1, 0.15) is 0 Å². The lowest BCUT2D eigenvalue weighted by Crippen LogP contribution is -2.43. The first-order valence-electron chi connectivity index (χ1n) is 9.21. The van der Waals surface area contributed by atoms with Crippen molar-refractivity contribution in [1.29, 1.82) is 0 Å². The number of aromatic nitrogens is 2. The number of hydrogen-bond acceptors (Lipinski definition) is 7. The Hall–Kier alpha value is -2.78. The van der Waals surface area contributed by atoms with Gasteiger partial charge in [-0.15, -0.1) is 0 Å². The molecule has 1 N–H and O–H groups in total. The standard InChI is InChI=1S/C19H20N4O4S/c24-28(25,14-3-4-17-18(12-14)27-11-10-26-17)23-13-16(22-8-6-20-7-9-22)19-15(23)2-1-5-21-19/h1-5,12-13,20H,6-11H2. The van der Waals surface area contributed by atoms with Gasteiger partial charge in [0.15, 0.2) is 11.5 Å². The van der Waals surface area contributed by atoms with Gasteiger partial charge in [-0.2, -0.15) is 0 Å². The zero-order valence-corrected chi connectivity index (χ0v) is 16.0. The maximum Gasteiger partial charge on any atom is 0.268 e. The topological polar surface area (TPSA) is 85.7 Å². The molecule has 28 heavy (non-hydrogen) atoms. The van der Waals surface area contributed by atoms with Crippen molar-refractivity contribution >= 4 is 26.7 Å². The Labute approximate surface area is 162 Å². The zero-order valence-electron chi connectivity index (χ0n) is 15.2. The Morgan fingerprint density at radius 2 is 1.82 bits per heavy atom. The number of hydrogen-bond donors (Lipinski definition) is 1. The van der Waals surface area contributed by atoms with E-state index >= 15 is 0 Å². The lowest BCUT2D eigenvalue weighted by Gasteiger charge is -2.28. The molecule has 2 aliphatic heterocycles. The van der Waals surface area contributed by atoms with E-state index in [1.807, 2.05) is 0 Å². The predicted molar refractivity (Wildman–Crippen MR) is 105 cm³/mol. The highest BCUT2D eigenvalue weighted by Gasteiger charge is 2.26. The van der Waals surface area contributed by atoms with Crippen LogP contribution in [0.5, 0.6) is 11.5 Å². The van der Waals surface area contributed by atoms with E-state index in [9.17, 15) is 8.42 Å². The number of nitrogens with zero attached hydrogens (tertiary/aromatic N) is 3. The highest BCUT2D eigenvalue weighted by atomic mass is 32.2. The van der Waals surface area contributed by atoms with Crippen LogP contribution in [0.25, 0.3) is 11.0 Å². The van der Waals surface area contributed by atoms with Crippen LogP contribution in [-0.4, -0.2) is 56.8 Å². The third kappa shape index (κ3) is 2.78. The van der Waals surface area contributed by atoms with Crippen LogP contribution in [0.15, 0.2) is 47.6 Å². The van der Waals surface area contributed by atoms with Crippen molar-refractivity contribution in [2.24, 2.45) is 0 Å². The Morgan fingerprint density at radius 3 is 2.64 bits per heavy atom. The summed E-state index contributed by atoms with van der Waals surface area (Å²) in [6.07, 6.45) is 3.37. The lowest BCUT2D eigenvalue weighted by molar-refractivity contribution is 0.171. The molecule has 9 heteroatoms. The second kappa shape index (κ2) is 6.68. The first-order chi connectivity index (χ1) is 13.6. The molecule has 2 aromatic heterocycles. The maximum absolute atomic E-state index is 13.4. The molecule has 4 heterocycles. The normalized spacial score (nSPS) is 17.1. The molecule has 0 unspecified atom stereocenters. The number of fused-ring (bicyclic) bond motifs is 2. The van der Waals surface area contributed by atoms with E-state index in [0.29, 0.717) is 35.7 Å². The number of nitrogens with one attached hydrogen (secondary N) is 1. The summed E-state index contributed by atoms with van der Waals surface area (Å²) >= 11 is 0. The van der Waals surface area contributed by atoms with E-state index < -0.39 is 10.0 Å². The van der Waals surface area contributed by atoms with Crippen LogP contribution in [0.2, 0.25) is 0 Å². The van der Waals surface area contributed by atoms with Crippen molar-refractivity contribution in [1.82, 2.24) is 14.3 Å². The molecule has 0 aliphatic carbocycles. The van der Waals surface area contributed by atoms with Crippen LogP contribution in [0.4, 0.5) is 5.69 Å². The van der Waals surface area contributed by atoms with Gasteiger partial charge in [-0.05, 0) is 24.3 Å². The van der Waals surface area contributed by atoms with E-state index in [-0.39, 0.29) is 4.90 Å². The van der Waals surface area contributed by atoms with Crippen molar-refractivity contribution in [3.63, 3.8) is 0 Å². The number of rotatable bonds is 3. The first-order valence-corrected chi connectivity index (χ1v) is 10.7. The van der Waals surface area contributed by atoms with E-state index in [2.05, 4.69) is 15.2 Å². The van der Waals surface area contributed by atoms with Gasteiger partial charge >= 0.3 is 0 Å². The van der Waals surface area contributed by atoms with Crippen LogP contribution < -0.4 is 19.7 Å². The van der Waals surface area contributed by atoms with Gasteiger partial charge in [0.25, 0.3) is 10.0 Å². The second-order valence-corrected chi connectivity index (χ2v) is 8.54. The fraction of sp³-hybridized carbons (Fsp3) is 0.316. The summed E-state index contributed by atoms with van der Waals surface area (Å²) < 4.78 is 39.3. The highest BCUT2D eigenvalue weighted by Crippen LogP contribution is 2.35. The van der Waals surface area contributed by atoms with Gasteiger partial charge in [-0.25, -0.2) is 12.4 Å². The molecule has 2 aliphatic rings. The van der Waals surface area contributed by atoms with Gasteiger partial charge in [-0.1, -0.05) is 0 Å². The Bertz CT molecular complexity index is 1140. The van der Waals surface area contributed by atoms with E-state index in [0.717, 1.165) is 31.9 Å². The molecule has 0 saturated carbocycles. The minimum absolute atomic E-state index is 0.157. The maximum atomic E-state index is 13.4. The molecule has 5 rings (SSSR count). The van der Waals surface area contributed by atoms with Crippen LogP contribution in [0.3, 0.4) is 0 Å². The third-order valence-electron chi connectivity index (χ3n) is 5.03. The summed E-state index contributed by atoms with van der Waals surface area (Å²) in [6, 6.07) is 8.25. The summed E-state index contributed by atoms with van der Waals surface area (Å²) in [5.41, 5.74) is 2.08. The summed E-state index contributed by atoms with van der Waals surface area (Å²) in [5.74, 6) is 1.01. The van der Waals surface area contributed by atoms with Gasteiger partial charge in [-0.3, -0.25) is 4.98 Å². The smallest absolute Gasteiger partial charge is 0.268 e. The summed E-state index contributed by atoms with van der Waals surface area (Å²) in [6.45, 7) is 4.18. The van der Waals surface area contributed by atoms with Gasteiger partial charge in [0.1, 0.15) is 18.7 Å². The minimum atomic E-state index is -3.82. The molecule has 8 nitrogen and oxygen atoms in total. The molecule has 0 radical (unpaired) electrons. The minimum Gasteiger partial charge on any atom is -0.486 e. The highest BCUT2D eigenvalue weighted by molar-refractivity contribution is 7.90. The van der Waals surface area contributed by atoms with Gasteiger partial charge in [0.2, 0.25) is 0 Å². The SMILES string of the molecule is O=S(=O)(c1ccc2c(c1)OCCO2)n1cc(N2CCNCC2)c2ncccc21. The predicted octanol–water partition coefficient (Wildman–Crippen LogP) is 1.45. The van der Waals surface area contributed by atoms with Gasteiger partial charge in [0, 0.05) is 44.6 Å². The van der Waals surface area contributed by atoms with E-state index in [1.54, 1.807) is 36.7 Å². The average Bonchev–Trinajstić information content (AvgIpc) is 3.14. The fourth-order valence-corrected chi connectivity index (χ4v) is 5.02. The monoisotopic (exact) mass is 400 g/mol. The molecule has 0 bridgehead atoms. The van der Waals surface area contributed by atoms with E-state index in [4.69, 9.17) is 9.47 Å². The fourth-order valence-electron chi connectivity index (χ4n) is 3.65. The molecule has 3 aromatic rings. The molecular formula is C19H20N4O4S. The van der Waals surface area contributed by atoms with Crippen LogP contribution in [0, 0.1) is 0 Å². The van der Waals surface area contributed by atoms with Crippen molar-refractivity contribution in [2.75, 3.05) is 44.3 Å².